The molecule has 3 rings (SSSR count). The second kappa shape index (κ2) is 9.94. The minimum atomic E-state index is -0.665. The van der Waals surface area contributed by atoms with Crippen LogP contribution in [-0.2, 0) is 6.54 Å². The summed E-state index contributed by atoms with van der Waals surface area (Å²) in [6, 6.07) is 3.38. The summed E-state index contributed by atoms with van der Waals surface area (Å²) in [4.78, 5) is 17.1. The van der Waals surface area contributed by atoms with Gasteiger partial charge in [0.15, 0.2) is 6.17 Å². The van der Waals surface area contributed by atoms with Gasteiger partial charge in [-0.1, -0.05) is 0 Å². The van der Waals surface area contributed by atoms with Crippen LogP contribution < -0.4 is 16.4 Å². The van der Waals surface area contributed by atoms with Crippen LogP contribution in [0.15, 0.2) is 35.1 Å². The summed E-state index contributed by atoms with van der Waals surface area (Å²) in [5.41, 5.74) is 5.87. The minimum absolute atomic E-state index is 0.00882. The van der Waals surface area contributed by atoms with Crippen LogP contribution in [0, 0.1) is 27.7 Å². The summed E-state index contributed by atoms with van der Waals surface area (Å²) >= 11 is 0. The molecule has 30 heavy (non-hydrogen) atoms. The number of guanidine groups is 1. The number of nitrogens with one attached hydrogen (secondary N) is 2. The molecule has 10 heteroatoms. The number of likely N-dealkylation sites (N-methyl/N-ethyl adjacent to an activating group) is 1. The molecular formula is C20H28F2N6O2. The molecule has 1 atom stereocenters. The molecule has 1 aromatic rings. The molecule has 1 aliphatic heterocycles. The summed E-state index contributed by atoms with van der Waals surface area (Å²) < 4.78 is 27.4. The van der Waals surface area contributed by atoms with E-state index in [4.69, 9.17) is 5.73 Å². The fourth-order valence-electron chi connectivity index (χ4n) is 4.00. The highest BCUT2D eigenvalue weighted by Gasteiger charge is 2.37. The molecule has 1 heterocycles. The number of nitrogens with zero attached hydrogens (tertiary/aromatic N) is 3. The molecule has 0 spiro atoms. The lowest BCUT2D eigenvalue weighted by Crippen LogP contribution is -2.58. The van der Waals surface area contributed by atoms with E-state index in [-0.39, 0.29) is 23.8 Å². The van der Waals surface area contributed by atoms with Crippen LogP contribution in [-0.4, -0.2) is 41.1 Å². The molecular weight excluding hydrogens is 394 g/mol. The van der Waals surface area contributed by atoms with Crippen LogP contribution in [0.3, 0.4) is 0 Å². The Morgan fingerprint density at radius 1 is 1.30 bits per heavy atom. The summed E-state index contributed by atoms with van der Waals surface area (Å²) in [5, 5.41) is 18.0. The standard InChI is InChI=1S/C20H28F2N6O2/c1-2-27-19(26-16-6-3-13(10-23)4-7-16)18(28(29)30)12-25-20(27)24-11-14-9-15(21)5-8-17(14)22/h5,8-9,12-13,16,19,26H,2-4,6-7,10-11,23H2,1H3,(H,24,25). The number of hydrogen-bond donors (Lipinski definition) is 3. The third-order valence-corrected chi connectivity index (χ3v) is 5.75. The molecule has 1 aliphatic carbocycles. The van der Waals surface area contributed by atoms with E-state index in [9.17, 15) is 18.9 Å². The van der Waals surface area contributed by atoms with Crippen LogP contribution in [0.4, 0.5) is 8.78 Å². The zero-order valence-electron chi connectivity index (χ0n) is 17.0. The first-order valence-electron chi connectivity index (χ1n) is 10.3. The van der Waals surface area contributed by atoms with Crippen LogP contribution in [0.1, 0.15) is 38.2 Å². The van der Waals surface area contributed by atoms with Gasteiger partial charge in [0.25, 0.3) is 0 Å². The number of benzene rings is 1. The number of nitro groups is 1. The maximum Gasteiger partial charge on any atom is 0.301 e. The fraction of sp³-hybridized carbons (Fsp3) is 0.550. The molecule has 1 aromatic carbocycles. The molecule has 2 aliphatic rings. The summed E-state index contributed by atoms with van der Waals surface area (Å²) in [6.45, 7) is 2.98. The normalized spacial score (nSPS) is 24.3. The lowest BCUT2D eigenvalue weighted by atomic mass is 9.86. The SMILES string of the molecule is CCN1C(NCc2cc(F)ccc2F)=NC=C([N+](=O)[O-])C1NC1CCC(CN)CC1. The average molecular weight is 422 g/mol. The van der Waals surface area contributed by atoms with Gasteiger partial charge in [0, 0.05) is 24.7 Å². The van der Waals surface area contributed by atoms with E-state index in [1.807, 2.05) is 6.92 Å². The molecule has 1 fully saturated rings. The van der Waals surface area contributed by atoms with E-state index in [2.05, 4.69) is 15.6 Å². The highest BCUT2D eigenvalue weighted by molar-refractivity contribution is 5.82. The zero-order valence-corrected chi connectivity index (χ0v) is 17.0. The largest absolute Gasteiger partial charge is 0.352 e. The maximum absolute atomic E-state index is 13.9. The third-order valence-electron chi connectivity index (χ3n) is 5.75. The first-order valence-corrected chi connectivity index (χ1v) is 10.3. The number of hydrogen-bond acceptors (Lipinski definition) is 7. The van der Waals surface area contributed by atoms with Crippen molar-refractivity contribution in [3.8, 4) is 0 Å². The predicted molar refractivity (Wildman–Crippen MR) is 110 cm³/mol. The van der Waals surface area contributed by atoms with Crippen molar-refractivity contribution in [2.45, 2.75) is 51.4 Å². The number of aliphatic imine (C=N–C) groups is 1. The summed E-state index contributed by atoms with van der Waals surface area (Å²) in [5.74, 6) is -0.187. The first kappa shape index (κ1) is 22.1. The van der Waals surface area contributed by atoms with E-state index in [1.165, 1.54) is 6.20 Å². The van der Waals surface area contributed by atoms with E-state index in [0.29, 0.717) is 25.0 Å². The fourth-order valence-corrected chi connectivity index (χ4v) is 4.00. The van der Waals surface area contributed by atoms with E-state index >= 15 is 0 Å². The molecule has 0 bridgehead atoms. The molecule has 0 saturated heterocycles. The number of halogens is 2. The zero-order chi connectivity index (χ0) is 21.7. The minimum Gasteiger partial charge on any atom is -0.352 e. The Balaban J connectivity index is 1.74. The quantitative estimate of drug-likeness (QED) is 0.460. The van der Waals surface area contributed by atoms with Crippen molar-refractivity contribution in [1.29, 1.82) is 0 Å². The molecule has 1 saturated carbocycles. The van der Waals surface area contributed by atoms with Crippen molar-refractivity contribution in [2.24, 2.45) is 16.6 Å². The van der Waals surface area contributed by atoms with Crippen LogP contribution in [0.2, 0.25) is 0 Å². The second-order valence-electron chi connectivity index (χ2n) is 7.66. The van der Waals surface area contributed by atoms with Crippen molar-refractivity contribution in [1.82, 2.24) is 15.5 Å². The second-order valence-corrected chi connectivity index (χ2v) is 7.66. The lowest BCUT2D eigenvalue weighted by Gasteiger charge is -2.38. The predicted octanol–water partition coefficient (Wildman–Crippen LogP) is 2.30. The van der Waals surface area contributed by atoms with Gasteiger partial charge in [0.2, 0.25) is 5.96 Å². The maximum atomic E-state index is 13.9. The Morgan fingerprint density at radius 2 is 2.03 bits per heavy atom. The van der Waals surface area contributed by atoms with Gasteiger partial charge in [-0.3, -0.25) is 15.4 Å². The Hall–Kier alpha value is -2.59. The van der Waals surface area contributed by atoms with Gasteiger partial charge in [-0.05, 0) is 63.3 Å². The molecule has 0 amide bonds. The van der Waals surface area contributed by atoms with Gasteiger partial charge >= 0.3 is 5.70 Å². The van der Waals surface area contributed by atoms with Crippen LogP contribution in [0.25, 0.3) is 0 Å². The van der Waals surface area contributed by atoms with E-state index in [1.54, 1.807) is 4.90 Å². The van der Waals surface area contributed by atoms with Gasteiger partial charge in [0.05, 0.1) is 4.92 Å². The van der Waals surface area contributed by atoms with Gasteiger partial charge in [-0.25, -0.2) is 13.8 Å². The van der Waals surface area contributed by atoms with Crippen molar-refractivity contribution in [3.05, 3.63) is 57.4 Å². The smallest absolute Gasteiger partial charge is 0.301 e. The van der Waals surface area contributed by atoms with Crippen molar-refractivity contribution < 1.29 is 13.7 Å². The Kier molecular flexibility index (Phi) is 7.33. The van der Waals surface area contributed by atoms with Crippen LogP contribution in [0.5, 0.6) is 0 Å². The molecule has 8 nitrogen and oxygen atoms in total. The van der Waals surface area contributed by atoms with Crippen molar-refractivity contribution in [2.75, 3.05) is 13.1 Å². The highest BCUT2D eigenvalue weighted by Crippen LogP contribution is 2.25. The highest BCUT2D eigenvalue weighted by atomic mass is 19.1. The Morgan fingerprint density at radius 3 is 2.67 bits per heavy atom. The topological polar surface area (TPSA) is 109 Å². The van der Waals surface area contributed by atoms with Gasteiger partial charge in [-0.15, -0.1) is 0 Å². The third kappa shape index (κ3) is 5.11. The van der Waals surface area contributed by atoms with Crippen molar-refractivity contribution in [3.63, 3.8) is 0 Å². The van der Waals surface area contributed by atoms with Crippen molar-refractivity contribution >= 4 is 5.96 Å². The Labute approximate surface area is 174 Å². The van der Waals surface area contributed by atoms with Crippen LogP contribution >= 0.6 is 0 Å². The van der Waals surface area contributed by atoms with Gasteiger partial charge < -0.3 is 16.0 Å². The number of rotatable bonds is 7. The molecule has 4 N–H and O–H groups in total. The monoisotopic (exact) mass is 422 g/mol. The first-order chi connectivity index (χ1) is 14.4. The van der Waals surface area contributed by atoms with Gasteiger partial charge in [0.1, 0.15) is 17.8 Å². The summed E-state index contributed by atoms with van der Waals surface area (Å²) in [6.07, 6.45) is 4.33. The van der Waals surface area contributed by atoms with E-state index < -0.39 is 22.7 Å². The number of nitrogens with two attached hydrogens (primary N) is 1. The van der Waals surface area contributed by atoms with E-state index in [0.717, 1.165) is 43.9 Å². The summed E-state index contributed by atoms with van der Waals surface area (Å²) in [7, 11) is 0. The molecule has 0 radical (unpaired) electrons. The molecule has 0 aromatic heterocycles. The lowest BCUT2D eigenvalue weighted by molar-refractivity contribution is -0.434. The Bertz CT molecular complexity index is 824. The molecule has 1 unspecified atom stereocenters. The average Bonchev–Trinajstić information content (AvgIpc) is 2.74. The van der Waals surface area contributed by atoms with Gasteiger partial charge in [-0.2, -0.15) is 0 Å². The molecule has 164 valence electrons.